The molecule has 1 aromatic heterocycles. The third-order valence-electron chi connectivity index (χ3n) is 2.37. The Kier molecular flexibility index (Phi) is 3.32. The molecule has 5 nitrogen and oxygen atoms in total. The summed E-state index contributed by atoms with van der Waals surface area (Å²) in [4.78, 5) is 14.9. The summed E-state index contributed by atoms with van der Waals surface area (Å²) < 4.78 is 10.4. The van der Waals surface area contributed by atoms with Gasteiger partial charge in [0.2, 0.25) is 11.6 Å². The number of hydrogen-bond donors (Lipinski definition) is 1. The zero-order valence-corrected chi connectivity index (χ0v) is 10.1. The highest BCUT2D eigenvalue weighted by molar-refractivity contribution is 5.88. The van der Waals surface area contributed by atoms with Gasteiger partial charge in [-0.25, -0.2) is 4.79 Å². The first-order chi connectivity index (χ1) is 8.61. The summed E-state index contributed by atoms with van der Waals surface area (Å²) in [6, 6.07) is 7.45. The highest BCUT2D eigenvalue weighted by Gasteiger charge is 2.21. The molecule has 2 rings (SSSR count). The van der Waals surface area contributed by atoms with Crippen LogP contribution in [0.3, 0.4) is 0 Å². The first kappa shape index (κ1) is 12.2. The van der Waals surface area contributed by atoms with E-state index in [0.29, 0.717) is 12.2 Å². The van der Waals surface area contributed by atoms with Crippen LogP contribution in [0.1, 0.15) is 23.0 Å². The molecule has 0 aliphatic heterocycles. The van der Waals surface area contributed by atoms with Crippen molar-refractivity contribution >= 4 is 5.97 Å². The summed E-state index contributed by atoms with van der Waals surface area (Å²) in [7, 11) is 0. The number of carboxylic acids is 1. The molecule has 2 aromatic rings. The number of rotatable bonds is 4. The smallest absolute Gasteiger partial charge is 0.362 e. The highest BCUT2D eigenvalue weighted by Crippen LogP contribution is 2.27. The van der Waals surface area contributed by atoms with Crippen LogP contribution in [0.15, 0.2) is 28.7 Å². The van der Waals surface area contributed by atoms with Crippen molar-refractivity contribution in [2.45, 2.75) is 13.8 Å². The number of nitrogens with zero attached hydrogens (tertiary/aromatic N) is 1. The van der Waals surface area contributed by atoms with Gasteiger partial charge in [-0.1, -0.05) is 17.7 Å². The topological polar surface area (TPSA) is 72.6 Å². The van der Waals surface area contributed by atoms with Crippen molar-refractivity contribution in [2.75, 3.05) is 6.61 Å². The summed E-state index contributed by atoms with van der Waals surface area (Å²) in [5, 5.41) is 8.99. The van der Waals surface area contributed by atoms with E-state index in [1.54, 1.807) is 6.92 Å². The molecule has 0 bridgehead atoms. The van der Waals surface area contributed by atoms with E-state index >= 15 is 0 Å². The third kappa shape index (κ3) is 2.34. The van der Waals surface area contributed by atoms with E-state index in [1.165, 1.54) is 0 Å². The first-order valence-electron chi connectivity index (χ1n) is 5.55. The molecule has 1 aromatic carbocycles. The monoisotopic (exact) mass is 247 g/mol. The van der Waals surface area contributed by atoms with Gasteiger partial charge >= 0.3 is 11.9 Å². The van der Waals surface area contributed by atoms with Gasteiger partial charge in [-0.05, 0) is 26.0 Å². The van der Waals surface area contributed by atoms with Crippen LogP contribution in [0, 0.1) is 6.92 Å². The summed E-state index contributed by atoms with van der Waals surface area (Å²) in [6.45, 7) is 4.04. The molecule has 5 heteroatoms. The van der Waals surface area contributed by atoms with E-state index in [1.807, 2.05) is 31.2 Å². The average Bonchev–Trinajstić information content (AvgIpc) is 2.75. The molecule has 0 unspecified atom stereocenters. The molecule has 0 aliphatic rings. The third-order valence-corrected chi connectivity index (χ3v) is 2.37. The molecule has 0 saturated carbocycles. The normalized spacial score (nSPS) is 10.3. The molecule has 0 radical (unpaired) electrons. The lowest BCUT2D eigenvalue weighted by Crippen LogP contribution is -2.01. The lowest BCUT2D eigenvalue weighted by molar-refractivity contribution is 0.0683. The Morgan fingerprint density at radius 3 is 2.61 bits per heavy atom. The summed E-state index contributed by atoms with van der Waals surface area (Å²) in [6.07, 6.45) is 0. The molecule has 1 heterocycles. The van der Waals surface area contributed by atoms with Crippen LogP contribution in [0.2, 0.25) is 0 Å². The van der Waals surface area contributed by atoms with E-state index in [2.05, 4.69) is 4.98 Å². The Morgan fingerprint density at radius 1 is 1.39 bits per heavy atom. The Balaban J connectivity index is 2.42. The molecule has 94 valence electrons. The van der Waals surface area contributed by atoms with E-state index in [4.69, 9.17) is 14.3 Å². The van der Waals surface area contributed by atoms with Crippen LogP contribution < -0.4 is 4.74 Å². The minimum atomic E-state index is -1.17. The van der Waals surface area contributed by atoms with Crippen LogP contribution in [0.5, 0.6) is 5.95 Å². The minimum absolute atomic E-state index is 0.0550. The van der Waals surface area contributed by atoms with Gasteiger partial charge < -0.3 is 14.3 Å². The van der Waals surface area contributed by atoms with Gasteiger partial charge in [-0.15, -0.1) is 0 Å². The van der Waals surface area contributed by atoms with Gasteiger partial charge in [-0.2, -0.15) is 4.98 Å². The average molecular weight is 247 g/mol. The number of carbonyl (C=O) groups is 1. The maximum atomic E-state index is 11.0. The minimum Gasteiger partial charge on any atom is -0.476 e. The van der Waals surface area contributed by atoms with E-state index in [9.17, 15) is 4.79 Å². The fourth-order valence-electron chi connectivity index (χ4n) is 1.49. The van der Waals surface area contributed by atoms with E-state index in [-0.39, 0.29) is 17.5 Å². The van der Waals surface area contributed by atoms with Crippen LogP contribution in [-0.4, -0.2) is 22.7 Å². The SMILES string of the molecule is CCOc1oc(-c2ccc(C)cc2)nc1C(=O)O. The molecule has 0 spiro atoms. The molecular formula is C13H13NO4. The van der Waals surface area contributed by atoms with Crippen molar-refractivity contribution in [3.63, 3.8) is 0 Å². The highest BCUT2D eigenvalue weighted by atomic mass is 16.6. The molecule has 0 aliphatic carbocycles. The zero-order chi connectivity index (χ0) is 13.1. The summed E-state index contributed by atoms with van der Waals surface area (Å²) >= 11 is 0. The van der Waals surface area contributed by atoms with Crippen molar-refractivity contribution in [1.29, 1.82) is 0 Å². The maximum Gasteiger partial charge on any atom is 0.362 e. The number of benzene rings is 1. The molecular weight excluding hydrogens is 234 g/mol. The van der Waals surface area contributed by atoms with Gasteiger partial charge in [-0.3, -0.25) is 0 Å². The van der Waals surface area contributed by atoms with Gasteiger partial charge in [0.05, 0.1) is 6.61 Å². The fourth-order valence-corrected chi connectivity index (χ4v) is 1.49. The second kappa shape index (κ2) is 4.91. The summed E-state index contributed by atoms with van der Waals surface area (Å²) in [5.74, 6) is -0.975. The fraction of sp³-hybridized carbons (Fsp3) is 0.231. The number of aryl methyl sites for hydroxylation is 1. The molecule has 0 atom stereocenters. The van der Waals surface area contributed by atoms with Crippen molar-refractivity contribution < 1.29 is 19.1 Å². The molecule has 1 N–H and O–H groups in total. The number of ether oxygens (including phenoxy) is 1. The van der Waals surface area contributed by atoms with Crippen molar-refractivity contribution in [3.05, 3.63) is 35.5 Å². The molecule has 0 fully saturated rings. The van der Waals surface area contributed by atoms with Gasteiger partial charge in [0.25, 0.3) is 0 Å². The number of carboxylic acid groups (broad SMARTS) is 1. The predicted octanol–water partition coefficient (Wildman–Crippen LogP) is 2.75. The van der Waals surface area contributed by atoms with Gasteiger partial charge in [0.15, 0.2) is 0 Å². The lowest BCUT2D eigenvalue weighted by Gasteiger charge is -1.97. The van der Waals surface area contributed by atoms with Crippen molar-refractivity contribution in [3.8, 4) is 17.4 Å². The number of aromatic nitrogens is 1. The van der Waals surface area contributed by atoms with Gasteiger partial charge in [0.1, 0.15) is 0 Å². The van der Waals surface area contributed by atoms with Crippen LogP contribution in [0.25, 0.3) is 11.5 Å². The Bertz CT molecular complexity index is 557. The zero-order valence-electron chi connectivity index (χ0n) is 10.1. The second-order valence-corrected chi connectivity index (χ2v) is 3.76. The van der Waals surface area contributed by atoms with Crippen molar-refractivity contribution in [1.82, 2.24) is 4.98 Å². The Labute approximate surface area is 104 Å². The lowest BCUT2D eigenvalue weighted by atomic mass is 10.1. The molecule has 0 saturated heterocycles. The van der Waals surface area contributed by atoms with E-state index in [0.717, 1.165) is 5.56 Å². The maximum absolute atomic E-state index is 11.0. The van der Waals surface area contributed by atoms with E-state index < -0.39 is 5.97 Å². The molecule has 18 heavy (non-hydrogen) atoms. The standard InChI is InChI=1S/C13H13NO4/c1-3-17-13-10(12(15)16)14-11(18-13)9-6-4-8(2)5-7-9/h4-7H,3H2,1-2H3,(H,15,16). The van der Waals surface area contributed by atoms with Crippen molar-refractivity contribution in [2.24, 2.45) is 0 Å². The first-order valence-corrected chi connectivity index (χ1v) is 5.55. The number of aromatic carboxylic acids is 1. The van der Waals surface area contributed by atoms with Crippen LogP contribution in [0.4, 0.5) is 0 Å². The quantitative estimate of drug-likeness (QED) is 0.899. The Hall–Kier alpha value is -2.30. The predicted molar refractivity (Wildman–Crippen MR) is 64.8 cm³/mol. The summed E-state index contributed by atoms with van der Waals surface area (Å²) in [5.41, 5.74) is 1.62. The second-order valence-electron chi connectivity index (χ2n) is 3.76. The number of hydrogen-bond acceptors (Lipinski definition) is 4. The van der Waals surface area contributed by atoms with Crippen LogP contribution in [-0.2, 0) is 0 Å². The molecule has 0 amide bonds. The van der Waals surface area contributed by atoms with Crippen LogP contribution >= 0.6 is 0 Å². The Morgan fingerprint density at radius 2 is 2.06 bits per heavy atom. The largest absolute Gasteiger partial charge is 0.476 e. The van der Waals surface area contributed by atoms with Gasteiger partial charge in [0, 0.05) is 5.56 Å². The number of oxazole rings is 1.